The molecule has 2 unspecified atom stereocenters. The molecular weight excluding hydrogens is 695 g/mol. The lowest BCUT2D eigenvalue weighted by molar-refractivity contribution is -0.870. The monoisotopic (exact) mass is 773 g/mol. The topological polar surface area (TPSA) is 108 Å². The molecule has 0 saturated heterocycles. The molecule has 0 bridgehead atoms. The van der Waals surface area contributed by atoms with Crippen molar-refractivity contribution in [2.24, 2.45) is 0 Å². The molecule has 0 aliphatic rings. The molecule has 55 heavy (non-hydrogen) atoms. The number of carbonyl (C=O) groups is 3. The first-order chi connectivity index (χ1) is 26.6. The van der Waals surface area contributed by atoms with E-state index in [-0.39, 0.29) is 38.6 Å². The molecule has 0 saturated carbocycles. The number of hydrogen-bond acceptors (Lipinski definition) is 7. The van der Waals surface area contributed by atoms with Crippen molar-refractivity contribution in [1.29, 1.82) is 0 Å². The second-order valence-corrected chi connectivity index (χ2v) is 14.9. The van der Waals surface area contributed by atoms with Crippen LogP contribution < -0.4 is 0 Å². The van der Waals surface area contributed by atoms with Crippen LogP contribution in [0.1, 0.15) is 142 Å². The maximum absolute atomic E-state index is 12.7. The Morgan fingerprint density at radius 1 is 0.564 bits per heavy atom. The number of aliphatic carboxylic acids is 1. The van der Waals surface area contributed by atoms with Gasteiger partial charge in [0.2, 0.25) is 0 Å². The van der Waals surface area contributed by atoms with Gasteiger partial charge in [0.05, 0.1) is 34.4 Å². The largest absolute Gasteiger partial charge is 0.477 e. The van der Waals surface area contributed by atoms with Gasteiger partial charge in [-0.3, -0.25) is 9.59 Å². The Morgan fingerprint density at radius 2 is 1.05 bits per heavy atom. The van der Waals surface area contributed by atoms with Crippen molar-refractivity contribution in [2.75, 3.05) is 47.5 Å². The summed E-state index contributed by atoms with van der Waals surface area (Å²) in [6, 6.07) is 0. The fourth-order valence-electron chi connectivity index (χ4n) is 5.16. The molecule has 0 radical (unpaired) electrons. The second kappa shape index (κ2) is 37.6. The number of allylic oxidation sites excluding steroid dienone is 12. The van der Waals surface area contributed by atoms with Gasteiger partial charge in [-0.05, 0) is 77.0 Å². The summed E-state index contributed by atoms with van der Waals surface area (Å²) >= 11 is 0. The van der Waals surface area contributed by atoms with Crippen molar-refractivity contribution >= 4 is 17.9 Å². The molecule has 0 aliphatic heterocycles. The summed E-state index contributed by atoms with van der Waals surface area (Å²) in [7, 11) is 5.92. The zero-order valence-corrected chi connectivity index (χ0v) is 35.3. The molecule has 0 spiro atoms. The summed E-state index contributed by atoms with van der Waals surface area (Å²) in [5, 5.41) is 9.61. The van der Waals surface area contributed by atoms with E-state index in [2.05, 4.69) is 80.7 Å². The summed E-state index contributed by atoms with van der Waals surface area (Å²) in [6.45, 7) is 4.63. The van der Waals surface area contributed by atoms with Crippen molar-refractivity contribution in [2.45, 2.75) is 155 Å². The molecule has 2 atom stereocenters. The minimum Gasteiger partial charge on any atom is -0.477 e. The van der Waals surface area contributed by atoms with Crippen molar-refractivity contribution < 1.29 is 42.9 Å². The number of carboxylic acids is 1. The van der Waals surface area contributed by atoms with E-state index in [4.69, 9.17) is 18.9 Å². The molecule has 0 aliphatic carbocycles. The maximum Gasteiger partial charge on any atom is 0.361 e. The molecule has 1 N–H and O–H groups in total. The first-order valence-corrected chi connectivity index (χ1v) is 21.1. The van der Waals surface area contributed by atoms with Crippen molar-refractivity contribution in [3.8, 4) is 0 Å². The van der Waals surface area contributed by atoms with Gasteiger partial charge in [-0.1, -0.05) is 125 Å². The molecule has 0 fully saturated rings. The Kier molecular flexibility index (Phi) is 35.4. The Hall–Kier alpha value is -3.27. The molecule has 0 rings (SSSR count). The predicted molar refractivity (Wildman–Crippen MR) is 226 cm³/mol. The van der Waals surface area contributed by atoms with Gasteiger partial charge in [-0.2, -0.15) is 0 Å². The molecule has 0 aromatic rings. The van der Waals surface area contributed by atoms with Gasteiger partial charge >= 0.3 is 17.9 Å². The summed E-state index contributed by atoms with van der Waals surface area (Å²) in [5.41, 5.74) is 0. The molecule has 0 aromatic heterocycles. The third-order valence-corrected chi connectivity index (χ3v) is 8.45. The summed E-state index contributed by atoms with van der Waals surface area (Å²) in [6.07, 6.45) is 42.5. The predicted octanol–water partition coefficient (Wildman–Crippen LogP) is 10.8. The van der Waals surface area contributed by atoms with Crippen molar-refractivity contribution in [3.05, 3.63) is 72.9 Å². The van der Waals surface area contributed by atoms with Crippen LogP contribution in [-0.4, -0.2) is 87.4 Å². The zero-order valence-electron chi connectivity index (χ0n) is 35.3. The van der Waals surface area contributed by atoms with E-state index in [1.54, 1.807) is 0 Å². The van der Waals surface area contributed by atoms with E-state index < -0.39 is 24.3 Å². The molecule has 9 nitrogen and oxygen atoms in total. The maximum atomic E-state index is 12.7. The fourth-order valence-corrected chi connectivity index (χ4v) is 5.16. The van der Waals surface area contributed by atoms with Crippen molar-refractivity contribution in [3.63, 3.8) is 0 Å². The van der Waals surface area contributed by atoms with E-state index in [1.807, 2.05) is 27.2 Å². The third kappa shape index (κ3) is 38.8. The zero-order chi connectivity index (χ0) is 40.7. The van der Waals surface area contributed by atoms with Crippen LogP contribution >= 0.6 is 0 Å². The fraction of sp³-hybridized carbons (Fsp3) is 0.674. The summed E-state index contributed by atoms with van der Waals surface area (Å²) in [5.74, 6) is -2.11. The average Bonchev–Trinajstić information content (AvgIpc) is 3.14. The second-order valence-electron chi connectivity index (χ2n) is 14.9. The Balaban J connectivity index is 4.62. The smallest absolute Gasteiger partial charge is 0.361 e. The van der Waals surface area contributed by atoms with Gasteiger partial charge in [0, 0.05) is 12.8 Å². The Morgan fingerprint density at radius 3 is 1.62 bits per heavy atom. The quantitative estimate of drug-likeness (QED) is 0.0219. The lowest BCUT2D eigenvalue weighted by atomic mass is 10.1. The van der Waals surface area contributed by atoms with Gasteiger partial charge in [0.1, 0.15) is 13.2 Å². The van der Waals surface area contributed by atoms with Crippen LogP contribution in [0, 0.1) is 0 Å². The molecule has 9 heteroatoms. The molecule has 0 heterocycles. The normalized spacial score (nSPS) is 13.7. The highest BCUT2D eigenvalue weighted by Gasteiger charge is 2.25. The third-order valence-electron chi connectivity index (χ3n) is 8.45. The lowest BCUT2D eigenvalue weighted by Crippen LogP contribution is -2.40. The molecular formula is C46H78NO8+. The van der Waals surface area contributed by atoms with Gasteiger partial charge < -0.3 is 28.5 Å². The number of nitrogens with zero attached hydrogens (tertiary/aromatic N) is 1. The number of esters is 2. The number of unbranched alkanes of at least 4 members (excludes halogenated alkanes) is 10. The number of carbonyl (C=O) groups excluding carboxylic acids is 2. The average molecular weight is 773 g/mol. The van der Waals surface area contributed by atoms with Gasteiger partial charge in [-0.15, -0.1) is 0 Å². The number of quaternary nitrogens is 1. The van der Waals surface area contributed by atoms with Crippen LogP contribution in [0.15, 0.2) is 72.9 Å². The van der Waals surface area contributed by atoms with E-state index in [0.717, 1.165) is 77.0 Å². The number of carboxylic acid groups (broad SMARTS) is 1. The molecule has 314 valence electrons. The van der Waals surface area contributed by atoms with Crippen LogP contribution in [0.25, 0.3) is 0 Å². The highest BCUT2D eigenvalue weighted by molar-refractivity contribution is 5.71. The highest BCUT2D eigenvalue weighted by Crippen LogP contribution is 2.11. The van der Waals surface area contributed by atoms with Gasteiger partial charge in [-0.25, -0.2) is 4.79 Å². The summed E-state index contributed by atoms with van der Waals surface area (Å²) < 4.78 is 22.6. The number of hydrogen-bond donors (Lipinski definition) is 1. The van der Waals surface area contributed by atoms with Crippen LogP contribution in [-0.2, 0) is 33.3 Å². The van der Waals surface area contributed by atoms with Gasteiger partial charge in [0.25, 0.3) is 6.29 Å². The first kappa shape index (κ1) is 51.7. The molecule has 0 amide bonds. The van der Waals surface area contributed by atoms with Crippen LogP contribution in [0.5, 0.6) is 0 Å². The lowest BCUT2D eigenvalue weighted by Gasteiger charge is -2.25. The van der Waals surface area contributed by atoms with Crippen LogP contribution in [0.3, 0.4) is 0 Å². The summed E-state index contributed by atoms with van der Waals surface area (Å²) in [4.78, 5) is 37.0. The SMILES string of the molecule is CC/C=C\C/C=C\C/C=C\C/C=C\C/C=C\CCCC(=O)OC(COC(=O)CCCCCCC/C=C\CCCCCC)COC(OCC[N+](C)(C)C)C(=O)O. The van der Waals surface area contributed by atoms with Gasteiger partial charge in [0.15, 0.2) is 6.10 Å². The first-order valence-electron chi connectivity index (χ1n) is 21.1. The Labute approximate surface area is 335 Å². The van der Waals surface area contributed by atoms with Crippen LogP contribution in [0.2, 0.25) is 0 Å². The molecule has 0 aromatic carbocycles. The highest BCUT2D eigenvalue weighted by atomic mass is 16.7. The van der Waals surface area contributed by atoms with E-state index in [0.29, 0.717) is 17.4 Å². The number of ether oxygens (including phenoxy) is 4. The standard InChI is InChI=1S/C46H77NO8/c1-6-8-10-12-14-16-18-20-21-22-23-25-27-29-31-33-35-37-44(49)55-42(41-54-46(45(50)51)52-39-38-47(3,4)5)40-53-43(48)36-34-32-30-28-26-24-19-17-15-13-11-9-7-2/h8,10,14,16-17,19-21,23,25,29,31,42,46H,6-7,9,11-13,15,18,22,24,26-28,30,32-41H2,1-5H3/p+1/b10-8-,16-14-,19-17-,21-20-,25-23-,31-29-. The number of likely N-dealkylation sites (N-methyl/N-ethyl adjacent to an activating group) is 1. The minimum atomic E-state index is -1.53. The Bertz CT molecular complexity index is 1130. The van der Waals surface area contributed by atoms with Crippen molar-refractivity contribution in [1.82, 2.24) is 0 Å². The van der Waals surface area contributed by atoms with E-state index in [9.17, 15) is 19.5 Å². The minimum absolute atomic E-state index is 0.172. The van der Waals surface area contributed by atoms with E-state index in [1.165, 1.54) is 32.1 Å². The number of rotatable bonds is 37. The van der Waals surface area contributed by atoms with Crippen LogP contribution in [0.4, 0.5) is 0 Å². The van der Waals surface area contributed by atoms with E-state index >= 15 is 0 Å².